The summed E-state index contributed by atoms with van der Waals surface area (Å²) >= 11 is 0. The first kappa shape index (κ1) is 20.8. The molecule has 1 saturated heterocycles. The predicted octanol–water partition coefficient (Wildman–Crippen LogP) is 3.00. The Kier molecular flexibility index (Phi) is 7.61. The number of anilines is 2. The van der Waals surface area contributed by atoms with Crippen molar-refractivity contribution in [1.29, 1.82) is 0 Å². The van der Waals surface area contributed by atoms with E-state index in [1.807, 2.05) is 18.2 Å². The highest BCUT2D eigenvalue weighted by molar-refractivity contribution is 5.80. The van der Waals surface area contributed by atoms with Crippen molar-refractivity contribution in [2.45, 2.75) is 25.3 Å². The van der Waals surface area contributed by atoms with Gasteiger partial charge >= 0.3 is 0 Å². The largest absolute Gasteiger partial charge is 0.370 e. The first-order valence-electron chi connectivity index (χ1n) is 9.98. The summed E-state index contributed by atoms with van der Waals surface area (Å²) in [6.07, 6.45) is 4.55. The quantitative estimate of drug-likeness (QED) is 0.360. The Balaban J connectivity index is 1.36. The normalized spacial score (nSPS) is 16.7. The lowest BCUT2D eigenvalue weighted by Gasteiger charge is -2.21. The number of aliphatic imine (C=N–C) groups is 1. The van der Waals surface area contributed by atoms with Gasteiger partial charge in [0.1, 0.15) is 23.1 Å². The van der Waals surface area contributed by atoms with Crippen LogP contribution < -0.4 is 20.9 Å². The summed E-state index contributed by atoms with van der Waals surface area (Å²) in [6, 6.07) is 9.86. The summed E-state index contributed by atoms with van der Waals surface area (Å²) in [4.78, 5) is 10.2. The second kappa shape index (κ2) is 10.6. The van der Waals surface area contributed by atoms with Crippen molar-refractivity contribution in [1.82, 2.24) is 15.6 Å². The van der Waals surface area contributed by atoms with Crippen LogP contribution in [0.5, 0.6) is 0 Å². The molecule has 3 N–H and O–H groups in total. The van der Waals surface area contributed by atoms with Crippen LogP contribution in [-0.2, 0) is 0 Å². The summed E-state index contributed by atoms with van der Waals surface area (Å²) in [7, 11) is 1.72. The Morgan fingerprint density at radius 3 is 2.66 bits per heavy atom. The molecule has 1 atom stereocenters. The molecule has 6 nitrogen and oxygen atoms in total. The maximum absolute atomic E-state index is 14.0. The van der Waals surface area contributed by atoms with Crippen molar-refractivity contribution in [2.24, 2.45) is 4.99 Å². The average molecular weight is 402 g/mol. The Labute approximate surface area is 170 Å². The topological polar surface area (TPSA) is 64.6 Å². The van der Waals surface area contributed by atoms with Crippen LogP contribution in [0.3, 0.4) is 0 Å². The highest BCUT2D eigenvalue weighted by Crippen LogP contribution is 2.26. The number of pyridine rings is 1. The Hall–Kier alpha value is -2.90. The van der Waals surface area contributed by atoms with Gasteiger partial charge in [-0.15, -0.1) is 0 Å². The van der Waals surface area contributed by atoms with E-state index in [-0.39, 0.29) is 11.7 Å². The third-order valence-corrected chi connectivity index (χ3v) is 4.87. The second-order valence-electron chi connectivity index (χ2n) is 6.99. The van der Waals surface area contributed by atoms with Gasteiger partial charge in [-0.25, -0.2) is 13.8 Å². The molecule has 2 aromatic rings. The summed E-state index contributed by atoms with van der Waals surface area (Å²) < 4.78 is 28.0. The number of hydrogen-bond acceptors (Lipinski definition) is 4. The van der Waals surface area contributed by atoms with Gasteiger partial charge in [0.15, 0.2) is 5.96 Å². The molecule has 29 heavy (non-hydrogen) atoms. The van der Waals surface area contributed by atoms with Gasteiger partial charge in [0, 0.05) is 45.5 Å². The van der Waals surface area contributed by atoms with E-state index in [4.69, 9.17) is 0 Å². The van der Waals surface area contributed by atoms with Gasteiger partial charge in [-0.05, 0) is 43.5 Å². The van der Waals surface area contributed by atoms with Gasteiger partial charge < -0.3 is 20.9 Å². The number of nitrogens with zero attached hydrogens (tertiary/aromatic N) is 3. The minimum atomic E-state index is -0.521. The van der Waals surface area contributed by atoms with Crippen LogP contribution in [0.4, 0.5) is 20.3 Å². The second-order valence-corrected chi connectivity index (χ2v) is 6.99. The van der Waals surface area contributed by atoms with Crippen molar-refractivity contribution in [3.8, 4) is 0 Å². The van der Waals surface area contributed by atoms with Crippen LogP contribution in [0.2, 0.25) is 0 Å². The molecule has 0 bridgehead atoms. The molecule has 156 valence electrons. The SMILES string of the molecule is CN=C(NCCCCNc1ccccn1)NC1CCN(c2c(F)cccc2F)C1. The zero-order valence-corrected chi connectivity index (χ0v) is 16.7. The predicted molar refractivity (Wildman–Crippen MR) is 113 cm³/mol. The van der Waals surface area contributed by atoms with Gasteiger partial charge in [0.2, 0.25) is 0 Å². The average Bonchev–Trinajstić information content (AvgIpc) is 3.18. The Bertz CT molecular complexity index is 779. The third-order valence-electron chi connectivity index (χ3n) is 4.87. The number of aromatic nitrogens is 1. The molecule has 0 amide bonds. The van der Waals surface area contributed by atoms with Gasteiger partial charge in [-0.1, -0.05) is 12.1 Å². The monoisotopic (exact) mass is 402 g/mol. The summed E-state index contributed by atoms with van der Waals surface area (Å²) in [6.45, 7) is 2.79. The van der Waals surface area contributed by atoms with Crippen LogP contribution >= 0.6 is 0 Å². The van der Waals surface area contributed by atoms with Crippen molar-refractivity contribution in [2.75, 3.05) is 43.4 Å². The molecular formula is C21H28F2N6. The molecule has 0 saturated carbocycles. The molecule has 1 unspecified atom stereocenters. The molecule has 0 radical (unpaired) electrons. The number of para-hydroxylation sites is 1. The van der Waals surface area contributed by atoms with E-state index < -0.39 is 11.6 Å². The number of hydrogen-bond donors (Lipinski definition) is 3. The number of benzene rings is 1. The standard InChI is InChI=1S/C21H28F2N6/c1-24-21(27-13-5-4-12-26-19-9-2-3-11-25-19)28-16-10-14-29(15-16)20-17(22)7-6-8-18(20)23/h2-3,6-9,11,16H,4-5,10,12-15H2,1H3,(H,25,26)(H2,24,27,28). The Morgan fingerprint density at radius 2 is 1.93 bits per heavy atom. The van der Waals surface area contributed by atoms with Crippen molar-refractivity contribution in [3.05, 3.63) is 54.2 Å². The number of halogens is 2. The first-order chi connectivity index (χ1) is 14.2. The third kappa shape index (κ3) is 6.04. The minimum Gasteiger partial charge on any atom is -0.370 e. The van der Waals surface area contributed by atoms with Crippen LogP contribution in [0, 0.1) is 11.6 Å². The highest BCUT2D eigenvalue weighted by atomic mass is 19.1. The number of nitrogens with one attached hydrogen (secondary N) is 3. The first-order valence-corrected chi connectivity index (χ1v) is 9.98. The molecule has 1 aliphatic rings. The van der Waals surface area contributed by atoms with Gasteiger partial charge in [0.05, 0.1) is 0 Å². The fraction of sp³-hybridized carbons (Fsp3) is 0.429. The van der Waals surface area contributed by atoms with E-state index in [9.17, 15) is 8.78 Å². The van der Waals surface area contributed by atoms with Crippen LogP contribution in [0.1, 0.15) is 19.3 Å². The molecule has 2 heterocycles. The maximum atomic E-state index is 14.0. The van der Waals surface area contributed by atoms with Crippen molar-refractivity contribution in [3.63, 3.8) is 0 Å². The molecule has 1 aliphatic heterocycles. The number of guanidine groups is 1. The van der Waals surface area contributed by atoms with Crippen LogP contribution in [-0.4, -0.2) is 50.2 Å². The molecule has 8 heteroatoms. The van der Waals surface area contributed by atoms with E-state index in [2.05, 4.69) is 25.9 Å². The molecule has 1 aromatic carbocycles. The summed E-state index contributed by atoms with van der Waals surface area (Å²) in [5.41, 5.74) is 0.0557. The fourth-order valence-electron chi connectivity index (χ4n) is 3.40. The van der Waals surface area contributed by atoms with Crippen molar-refractivity contribution >= 4 is 17.5 Å². The van der Waals surface area contributed by atoms with Gasteiger partial charge in [-0.2, -0.15) is 0 Å². The summed E-state index contributed by atoms with van der Waals surface area (Å²) in [5, 5.41) is 9.93. The Morgan fingerprint density at radius 1 is 1.14 bits per heavy atom. The number of unbranched alkanes of at least 4 members (excludes halogenated alkanes) is 1. The lowest BCUT2D eigenvalue weighted by Crippen LogP contribution is -2.45. The lowest BCUT2D eigenvalue weighted by molar-refractivity contribution is 0.575. The fourth-order valence-corrected chi connectivity index (χ4v) is 3.40. The zero-order valence-electron chi connectivity index (χ0n) is 16.7. The van der Waals surface area contributed by atoms with E-state index >= 15 is 0 Å². The van der Waals surface area contributed by atoms with E-state index in [0.29, 0.717) is 19.0 Å². The minimum absolute atomic E-state index is 0.0557. The lowest BCUT2D eigenvalue weighted by atomic mass is 10.2. The molecule has 1 aromatic heterocycles. The smallest absolute Gasteiger partial charge is 0.191 e. The zero-order chi connectivity index (χ0) is 20.5. The molecule has 3 rings (SSSR count). The highest BCUT2D eigenvalue weighted by Gasteiger charge is 2.27. The van der Waals surface area contributed by atoms with Crippen LogP contribution in [0.25, 0.3) is 0 Å². The van der Waals surface area contributed by atoms with Gasteiger partial charge in [0.25, 0.3) is 0 Å². The molecule has 0 aliphatic carbocycles. The van der Waals surface area contributed by atoms with Crippen LogP contribution in [0.15, 0.2) is 47.6 Å². The molecule has 0 spiro atoms. The van der Waals surface area contributed by atoms with Crippen molar-refractivity contribution < 1.29 is 8.78 Å². The maximum Gasteiger partial charge on any atom is 0.191 e. The van der Waals surface area contributed by atoms with E-state index in [1.54, 1.807) is 18.1 Å². The number of rotatable bonds is 8. The van der Waals surface area contributed by atoms with E-state index in [1.165, 1.54) is 18.2 Å². The summed E-state index contributed by atoms with van der Waals surface area (Å²) in [5.74, 6) is 0.554. The van der Waals surface area contributed by atoms with E-state index in [0.717, 1.165) is 38.2 Å². The molecular weight excluding hydrogens is 374 g/mol. The molecule has 1 fully saturated rings. The van der Waals surface area contributed by atoms with Gasteiger partial charge in [-0.3, -0.25) is 4.99 Å².